The highest BCUT2D eigenvalue weighted by Crippen LogP contribution is 2.30. The van der Waals surface area contributed by atoms with Gasteiger partial charge in [-0.15, -0.1) is 0 Å². The van der Waals surface area contributed by atoms with E-state index in [1.165, 1.54) is 16.6 Å². The highest BCUT2D eigenvalue weighted by Gasteiger charge is 2.28. The summed E-state index contributed by atoms with van der Waals surface area (Å²) in [6.45, 7) is 1.39. The van der Waals surface area contributed by atoms with E-state index in [2.05, 4.69) is 22.4 Å². The zero-order valence-electron chi connectivity index (χ0n) is 15.7. The Morgan fingerprint density at radius 2 is 1.93 bits per heavy atom. The van der Waals surface area contributed by atoms with Crippen molar-refractivity contribution in [2.24, 2.45) is 5.92 Å². The van der Waals surface area contributed by atoms with Gasteiger partial charge in [-0.1, -0.05) is 36.4 Å². The van der Waals surface area contributed by atoms with Gasteiger partial charge >= 0.3 is 0 Å². The molecule has 1 aromatic heterocycles. The van der Waals surface area contributed by atoms with E-state index in [-0.39, 0.29) is 17.7 Å². The molecular formula is C23H23N3O2. The van der Waals surface area contributed by atoms with E-state index in [1.807, 2.05) is 41.3 Å². The van der Waals surface area contributed by atoms with Gasteiger partial charge in [-0.2, -0.15) is 0 Å². The van der Waals surface area contributed by atoms with Crippen molar-refractivity contribution in [1.82, 2.24) is 9.88 Å². The maximum atomic E-state index is 12.8. The van der Waals surface area contributed by atoms with Crippen LogP contribution in [0.5, 0.6) is 0 Å². The number of nitrogens with one attached hydrogen (secondary N) is 2. The highest BCUT2D eigenvalue weighted by atomic mass is 16.2. The molecule has 0 bridgehead atoms. The third-order valence-electron chi connectivity index (χ3n) is 6.05. The molecule has 5 heteroatoms. The number of carbonyl (C=O) groups excluding carboxylic acids is 2. The third kappa shape index (κ3) is 2.97. The molecule has 3 heterocycles. The summed E-state index contributed by atoms with van der Waals surface area (Å²) >= 11 is 0. The van der Waals surface area contributed by atoms with Gasteiger partial charge in [0.1, 0.15) is 0 Å². The molecule has 2 aromatic carbocycles. The maximum absolute atomic E-state index is 12.8. The molecule has 1 atom stereocenters. The van der Waals surface area contributed by atoms with Gasteiger partial charge in [0, 0.05) is 59.7 Å². The van der Waals surface area contributed by atoms with E-state index in [0.717, 1.165) is 29.7 Å². The molecule has 28 heavy (non-hydrogen) atoms. The molecule has 2 N–H and O–H groups in total. The number of aromatic amines is 1. The lowest BCUT2D eigenvalue weighted by atomic mass is 9.89. The number of hydrogen-bond acceptors (Lipinski definition) is 2. The van der Waals surface area contributed by atoms with Crippen LogP contribution in [0.15, 0.2) is 48.5 Å². The standard InChI is InChI=1S/C23H23N3O2/c27-22(10-9-16-13-15-5-1-3-7-19(15)25-23(16)28)26-12-11-21-18(14-26)17-6-2-4-8-20(17)24-21/h1-8,16,24H,9-14H2,(H,25,28)/t16-/m1/s1. The Morgan fingerprint density at radius 3 is 2.86 bits per heavy atom. The van der Waals surface area contributed by atoms with Crippen LogP contribution in [0, 0.1) is 5.92 Å². The Labute approximate surface area is 163 Å². The van der Waals surface area contributed by atoms with Crippen molar-refractivity contribution >= 4 is 28.4 Å². The Bertz CT molecular complexity index is 1070. The minimum atomic E-state index is -0.132. The second-order valence-electron chi connectivity index (χ2n) is 7.78. The summed E-state index contributed by atoms with van der Waals surface area (Å²) in [6.07, 6.45) is 2.57. The van der Waals surface area contributed by atoms with Crippen molar-refractivity contribution < 1.29 is 9.59 Å². The van der Waals surface area contributed by atoms with Crippen LogP contribution in [0.2, 0.25) is 0 Å². The summed E-state index contributed by atoms with van der Waals surface area (Å²) in [5.74, 6) is 0.0407. The van der Waals surface area contributed by atoms with E-state index in [9.17, 15) is 9.59 Å². The van der Waals surface area contributed by atoms with Gasteiger partial charge in [-0.05, 0) is 30.5 Å². The maximum Gasteiger partial charge on any atom is 0.227 e. The van der Waals surface area contributed by atoms with Gasteiger partial charge in [-0.3, -0.25) is 9.59 Å². The molecule has 5 nitrogen and oxygen atoms in total. The first-order valence-corrected chi connectivity index (χ1v) is 9.94. The second kappa shape index (κ2) is 6.82. The number of anilines is 1. The normalized spacial score (nSPS) is 18.5. The molecular weight excluding hydrogens is 350 g/mol. The van der Waals surface area contributed by atoms with Gasteiger partial charge < -0.3 is 15.2 Å². The van der Waals surface area contributed by atoms with Gasteiger partial charge in [-0.25, -0.2) is 0 Å². The van der Waals surface area contributed by atoms with Crippen LogP contribution in [-0.4, -0.2) is 28.2 Å². The predicted molar refractivity (Wildman–Crippen MR) is 109 cm³/mol. The Kier molecular flexibility index (Phi) is 4.15. The van der Waals surface area contributed by atoms with Crippen LogP contribution < -0.4 is 5.32 Å². The van der Waals surface area contributed by atoms with Gasteiger partial charge in [0.05, 0.1) is 0 Å². The number of fused-ring (bicyclic) bond motifs is 4. The van der Waals surface area contributed by atoms with E-state index < -0.39 is 0 Å². The quantitative estimate of drug-likeness (QED) is 0.736. The average Bonchev–Trinajstić information content (AvgIpc) is 3.10. The number of carbonyl (C=O) groups is 2. The van der Waals surface area contributed by atoms with E-state index >= 15 is 0 Å². The lowest BCUT2D eigenvalue weighted by molar-refractivity contribution is -0.132. The number of nitrogens with zero attached hydrogens (tertiary/aromatic N) is 1. The molecule has 0 saturated heterocycles. The lowest BCUT2D eigenvalue weighted by Gasteiger charge is -2.29. The van der Waals surface area contributed by atoms with Crippen LogP contribution in [0.25, 0.3) is 10.9 Å². The molecule has 0 aliphatic carbocycles. The van der Waals surface area contributed by atoms with Gasteiger partial charge in [0.15, 0.2) is 0 Å². The van der Waals surface area contributed by atoms with E-state index in [1.54, 1.807) is 0 Å². The number of para-hydroxylation sites is 2. The summed E-state index contributed by atoms with van der Waals surface area (Å²) in [5, 5.41) is 4.18. The smallest absolute Gasteiger partial charge is 0.227 e. The van der Waals surface area contributed by atoms with E-state index in [4.69, 9.17) is 0 Å². The van der Waals surface area contributed by atoms with Crippen molar-refractivity contribution in [3.05, 3.63) is 65.4 Å². The number of hydrogen-bond donors (Lipinski definition) is 2. The van der Waals surface area contributed by atoms with Crippen molar-refractivity contribution in [2.45, 2.75) is 32.2 Å². The number of benzene rings is 2. The van der Waals surface area contributed by atoms with Crippen molar-refractivity contribution in [3.63, 3.8) is 0 Å². The number of aromatic nitrogens is 1. The summed E-state index contributed by atoms with van der Waals surface area (Å²) in [5.41, 5.74) is 5.67. The zero-order valence-corrected chi connectivity index (χ0v) is 15.7. The summed E-state index contributed by atoms with van der Waals surface area (Å²) in [4.78, 5) is 30.7. The van der Waals surface area contributed by atoms with Crippen LogP contribution in [0.4, 0.5) is 5.69 Å². The molecule has 5 rings (SSSR count). The van der Waals surface area contributed by atoms with E-state index in [0.29, 0.717) is 25.8 Å². The van der Waals surface area contributed by atoms with Gasteiger partial charge in [0.25, 0.3) is 0 Å². The second-order valence-corrected chi connectivity index (χ2v) is 7.78. The van der Waals surface area contributed by atoms with Crippen LogP contribution in [0.1, 0.15) is 29.7 Å². The first-order chi connectivity index (χ1) is 13.7. The Balaban J connectivity index is 1.25. The number of amides is 2. The molecule has 0 unspecified atom stereocenters. The summed E-state index contributed by atoms with van der Waals surface area (Å²) in [6, 6.07) is 16.2. The number of H-pyrrole nitrogens is 1. The highest BCUT2D eigenvalue weighted by molar-refractivity contribution is 5.96. The molecule has 0 fully saturated rings. The fourth-order valence-corrected chi connectivity index (χ4v) is 4.48. The van der Waals surface area contributed by atoms with Crippen LogP contribution in [0.3, 0.4) is 0 Å². The minimum absolute atomic E-state index is 0.0315. The first kappa shape index (κ1) is 17.0. The predicted octanol–water partition coefficient (Wildman–Crippen LogP) is 3.64. The average molecular weight is 373 g/mol. The summed E-state index contributed by atoms with van der Waals surface area (Å²) < 4.78 is 0. The molecule has 0 radical (unpaired) electrons. The lowest BCUT2D eigenvalue weighted by Crippen LogP contribution is -2.37. The first-order valence-electron chi connectivity index (χ1n) is 9.94. The van der Waals surface area contributed by atoms with Crippen molar-refractivity contribution in [3.8, 4) is 0 Å². The Hall–Kier alpha value is -3.08. The van der Waals surface area contributed by atoms with Crippen LogP contribution >= 0.6 is 0 Å². The topological polar surface area (TPSA) is 65.2 Å². The molecule has 2 amide bonds. The third-order valence-corrected chi connectivity index (χ3v) is 6.05. The van der Waals surface area contributed by atoms with Crippen molar-refractivity contribution in [2.75, 3.05) is 11.9 Å². The van der Waals surface area contributed by atoms with Gasteiger partial charge in [0.2, 0.25) is 11.8 Å². The molecule has 2 aliphatic heterocycles. The molecule has 0 saturated carbocycles. The fraction of sp³-hybridized carbons (Fsp3) is 0.304. The molecule has 142 valence electrons. The van der Waals surface area contributed by atoms with Crippen LogP contribution in [-0.2, 0) is 29.0 Å². The molecule has 3 aromatic rings. The van der Waals surface area contributed by atoms with Crippen molar-refractivity contribution in [1.29, 1.82) is 0 Å². The molecule has 0 spiro atoms. The minimum Gasteiger partial charge on any atom is -0.358 e. The fourth-order valence-electron chi connectivity index (χ4n) is 4.48. The molecule has 2 aliphatic rings. The SMILES string of the molecule is O=C1Nc2ccccc2C[C@H]1CCC(=O)N1CCc2[nH]c3ccccc3c2C1. The monoisotopic (exact) mass is 373 g/mol. The summed E-state index contributed by atoms with van der Waals surface area (Å²) in [7, 11) is 0. The zero-order chi connectivity index (χ0) is 19.1. The largest absolute Gasteiger partial charge is 0.358 e. The Morgan fingerprint density at radius 1 is 1.11 bits per heavy atom. The number of rotatable bonds is 3.